The van der Waals surface area contributed by atoms with Crippen molar-refractivity contribution in [3.05, 3.63) is 137 Å². The van der Waals surface area contributed by atoms with Crippen LogP contribution in [0, 0.1) is 0 Å². The minimum absolute atomic E-state index is 0.200. The number of ether oxygens (including phenoxy) is 2. The van der Waals surface area contributed by atoms with Crippen LogP contribution >= 0.6 is 0 Å². The van der Waals surface area contributed by atoms with Crippen LogP contribution in [0.15, 0.2) is 115 Å². The van der Waals surface area contributed by atoms with Crippen molar-refractivity contribution in [3.8, 4) is 11.5 Å². The highest BCUT2D eigenvalue weighted by molar-refractivity contribution is 6.16. The number of ketones is 1. The van der Waals surface area contributed by atoms with Gasteiger partial charge in [-0.15, -0.1) is 0 Å². The number of hydrogen-bond donors (Lipinski definition) is 2. The van der Waals surface area contributed by atoms with Crippen LogP contribution in [-0.4, -0.2) is 18.9 Å². The standard InChI is InChI=1S/C31H26N2O4/c1-36-25-19-11-18-24(30(25)37-20-21-12-5-2-6-13-21)28-26(29(34)23-16-9-4-10-17-23)27(32-31(35)33-28)22-14-7-3-8-15-22/h2-19,28H,20H2,1H3,(H2,32,33,35)/t28-/m0/s1. The molecule has 0 fully saturated rings. The third-order valence-electron chi connectivity index (χ3n) is 6.18. The second-order valence-corrected chi connectivity index (χ2v) is 8.53. The van der Waals surface area contributed by atoms with Gasteiger partial charge in [0.05, 0.1) is 24.4 Å². The summed E-state index contributed by atoms with van der Waals surface area (Å²) in [4.78, 5) is 26.9. The van der Waals surface area contributed by atoms with E-state index in [2.05, 4.69) is 10.6 Å². The SMILES string of the molecule is COc1cccc([C@@H]2NC(=O)NC(c3ccccc3)=C2C(=O)c2ccccc2)c1OCc1ccccc1. The van der Waals surface area contributed by atoms with Crippen LogP contribution in [0.4, 0.5) is 4.79 Å². The number of hydrogen-bond acceptors (Lipinski definition) is 4. The van der Waals surface area contributed by atoms with E-state index in [1.165, 1.54) is 0 Å². The molecule has 5 rings (SSSR count). The molecule has 0 spiro atoms. The van der Waals surface area contributed by atoms with Crippen LogP contribution in [0.5, 0.6) is 11.5 Å². The third-order valence-corrected chi connectivity index (χ3v) is 6.18. The Labute approximate surface area is 215 Å². The number of methoxy groups -OCH3 is 1. The molecule has 2 N–H and O–H groups in total. The van der Waals surface area contributed by atoms with Crippen molar-refractivity contribution in [3.63, 3.8) is 0 Å². The lowest BCUT2D eigenvalue weighted by Gasteiger charge is -2.31. The predicted octanol–water partition coefficient (Wildman–Crippen LogP) is 5.92. The van der Waals surface area contributed by atoms with Gasteiger partial charge in [-0.1, -0.05) is 103 Å². The molecule has 0 aromatic heterocycles. The molecule has 6 nitrogen and oxygen atoms in total. The van der Waals surface area contributed by atoms with Crippen LogP contribution < -0.4 is 20.1 Å². The highest BCUT2D eigenvalue weighted by Gasteiger charge is 2.36. The quantitative estimate of drug-likeness (QED) is 0.301. The number of benzene rings is 4. The number of Topliss-reactive ketones (excluding diaryl/α,β-unsaturated/α-hetero) is 1. The Morgan fingerprint density at radius 2 is 1.46 bits per heavy atom. The first-order chi connectivity index (χ1) is 18.2. The number of amides is 2. The molecule has 0 aliphatic carbocycles. The van der Waals surface area contributed by atoms with E-state index in [0.717, 1.165) is 11.1 Å². The van der Waals surface area contributed by atoms with Gasteiger partial charge >= 0.3 is 6.03 Å². The summed E-state index contributed by atoms with van der Waals surface area (Å²) in [5.41, 5.74) is 3.72. The summed E-state index contributed by atoms with van der Waals surface area (Å²) >= 11 is 0. The Bertz CT molecular complexity index is 1430. The van der Waals surface area contributed by atoms with Crippen molar-refractivity contribution < 1.29 is 19.1 Å². The van der Waals surface area contributed by atoms with Crippen LogP contribution in [0.25, 0.3) is 5.70 Å². The largest absolute Gasteiger partial charge is 0.493 e. The molecule has 37 heavy (non-hydrogen) atoms. The van der Waals surface area contributed by atoms with Gasteiger partial charge in [0.1, 0.15) is 6.61 Å². The summed E-state index contributed by atoms with van der Waals surface area (Å²) in [6, 6.07) is 32.5. The summed E-state index contributed by atoms with van der Waals surface area (Å²) in [5, 5.41) is 5.83. The molecule has 0 saturated carbocycles. The van der Waals surface area contributed by atoms with E-state index in [0.29, 0.717) is 40.5 Å². The number of carbonyl (C=O) groups excluding carboxylic acids is 2. The van der Waals surface area contributed by atoms with Crippen molar-refractivity contribution in [2.45, 2.75) is 12.6 Å². The van der Waals surface area contributed by atoms with Gasteiger partial charge in [0.2, 0.25) is 0 Å². The molecule has 4 aromatic rings. The van der Waals surface area contributed by atoms with E-state index < -0.39 is 12.1 Å². The Hall–Kier alpha value is -4.84. The fourth-order valence-electron chi connectivity index (χ4n) is 4.43. The van der Waals surface area contributed by atoms with Gasteiger partial charge in [-0.05, 0) is 17.2 Å². The lowest BCUT2D eigenvalue weighted by molar-refractivity contribution is 0.102. The Kier molecular flexibility index (Phi) is 6.99. The predicted molar refractivity (Wildman–Crippen MR) is 142 cm³/mol. The van der Waals surface area contributed by atoms with Crippen molar-refractivity contribution in [1.29, 1.82) is 0 Å². The Balaban J connectivity index is 1.67. The van der Waals surface area contributed by atoms with E-state index in [9.17, 15) is 9.59 Å². The molecule has 4 aromatic carbocycles. The number of nitrogens with one attached hydrogen (secondary N) is 2. The molecule has 0 unspecified atom stereocenters. The Morgan fingerprint density at radius 1 is 0.811 bits per heavy atom. The molecule has 0 saturated heterocycles. The normalized spacial score (nSPS) is 14.9. The van der Waals surface area contributed by atoms with Gasteiger partial charge in [0.25, 0.3) is 0 Å². The zero-order valence-electron chi connectivity index (χ0n) is 20.3. The highest BCUT2D eigenvalue weighted by Crippen LogP contribution is 2.41. The highest BCUT2D eigenvalue weighted by atomic mass is 16.5. The molecule has 184 valence electrons. The van der Waals surface area contributed by atoms with Gasteiger partial charge in [-0.3, -0.25) is 4.79 Å². The molecule has 1 aliphatic rings. The van der Waals surface area contributed by atoms with Crippen molar-refractivity contribution in [1.82, 2.24) is 10.6 Å². The summed E-state index contributed by atoms with van der Waals surface area (Å²) in [7, 11) is 1.57. The summed E-state index contributed by atoms with van der Waals surface area (Å²) in [6.07, 6.45) is 0. The molecule has 1 heterocycles. The molecule has 1 atom stereocenters. The molecule has 0 radical (unpaired) electrons. The molecule has 2 amide bonds. The van der Waals surface area contributed by atoms with E-state index in [1.54, 1.807) is 25.3 Å². The summed E-state index contributed by atoms with van der Waals surface area (Å²) in [6.45, 7) is 0.296. The van der Waals surface area contributed by atoms with Gasteiger partial charge in [0, 0.05) is 11.1 Å². The topological polar surface area (TPSA) is 76.7 Å². The fraction of sp³-hybridized carbons (Fsp3) is 0.0968. The average molecular weight is 491 g/mol. The summed E-state index contributed by atoms with van der Waals surface area (Å²) < 4.78 is 11.9. The molecule has 0 bridgehead atoms. The number of carbonyl (C=O) groups is 2. The van der Waals surface area contributed by atoms with E-state index in [-0.39, 0.29) is 5.78 Å². The van der Waals surface area contributed by atoms with Crippen LogP contribution in [0.1, 0.15) is 33.1 Å². The molecule has 6 heteroatoms. The second kappa shape index (κ2) is 10.8. The average Bonchev–Trinajstić information content (AvgIpc) is 2.96. The van der Waals surface area contributed by atoms with Crippen molar-refractivity contribution >= 4 is 17.5 Å². The number of para-hydroxylation sites is 1. The Morgan fingerprint density at radius 3 is 2.14 bits per heavy atom. The molecule has 1 aliphatic heterocycles. The number of urea groups is 1. The maximum absolute atomic E-state index is 14.0. The first-order valence-electron chi connectivity index (χ1n) is 12.0. The zero-order valence-corrected chi connectivity index (χ0v) is 20.3. The minimum atomic E-state index is -0.780. The van der Waals surface area contributed by atoms with Gasteiger partial charge in [-0.2, -0.15) is 0 Å². The second-order valence-electron chi connectivity index (χ2n) is 8.53. The summed E-state index contributed by atoms with van der Waals surface area (Å²) in [5.74, 6) is 0.773. The first-order valence-corrected chi connectivity index (χ1v) is 12.0. The van der Waals surface area contributed by atoms with Crippen LogP contribution in [0.2, 0.25) is 0 Å². The molecular weight excluding hydrogens is 464 g/mol. The van der Waals surface area contributed by atoms with E-state index >= 15 is 0 Å². The van der Waals surface area contributed by atoms with Crippen LogP contribution in [0.3, 0.4) is 0 Å². The first kappa shape index (κ1) is 23.9. The zero-order chi connectivity index (χ0) is 25.6. The fourth-order valence-corrected chi connectivity index (χ4v) is 4.43. The number of rotatable bonds is 8. The van der Waals surface area contributed by atoms with Gasteiger partial charge < -0.3 is 20.1 Å². The van der Waals surface area contributed by atoms with E-state index in [4.69, 9.17) is 9.47 Å². The van der Waals surface area contributed by atoms with Gasteiger partial charge in [0.15, 0.2) is 17.3 Å². The van der Waals surface area contributed by atoms with E-state index in [1.807, 2.05) is 91.0 Å². The van der Waals surface area contributed by atoms with Gasteiger partial charge in [-0.25, -0.2) is 4.79 Å². The van der Waals surface area contributed by atoms with Crippen molar-refractivity contribution in [2.75, 3.05) is 7.11 Å². The maximum Gasteiger partial charge on any atom is 0.320 e. The smallest absolute Gasteiger partial charge is 0.320 e. The van der Waals surface area contributed by atoms with Crippen molar-refractivity contribution in [2.24, 2.45) is 0 Å². The molecular formula is C31H26N2O4. The monoisotopic (exact) mass is 490 g/mol. The van der Waals surface area contributed by atoms with Crippen LogP contribution in [-0.2, 0) is 6.61 Å². The lowest BCUT2D eigenvalue weighted by Crippen LogP contribution is -2.45. The lowest BCUT2D eigenvalue weighted by atomic mass is 9.87. The maximum atomic E-state index is 14.0. The third kappa shape index (κ3) is 5.09. The minimum Gasteiger partial charge on any atom is -0.493 e.